The third-order valence-electron chi connectivity index (χ3n) is 6.29. The van der Waals surface area contributed by atoms with Crippen LogP contribution >= 0.6 is 0 Å². The molecule has 0 bridgehead atoms. The smallest absolute Gasteiger partial charge is 0.258 e. The lowest BCUT2D eigenvalue weighted by Gasteiger charge is -2.34. The SMILES string of the molecule is Cc1cc(C(C)(C)C)cc(C)c1S(=O)(=O)N1CCN(Cc2nc3ccccc3c(=O)[nH]2)CC1. The van der Waals surface area contributed by atoms with Crippen LogP contribution in [-0.4, -0.2) is 53.8 Å². The molecule has 4 rings (SSSR count). The summed E-state index contributed by atoms with van der Waals surface area (Å²) in [4.78, 5) is 22.3. The van der Waals surface area contributed by atoms with E-state index >= 15 is 0 Å². The Morgan fingerprint density at radius 1 is 1.00 bits per heavy atom. The zero-order chi connectivity index (χ0) is 24.0. The van der Waals surface area contributed by atoms with Gasteiger partial charge in [-0.05, 0) is 48.1 Å². The van der Waals surface area contributed by atoms with Gasteiger partial charge in [-0.25, -0.2) is 13.4 Å². The van der Waals surface area contributed by atoms with E-state index in [9.17, 15) is 13.2 Å². The van der Waals surface area contributed by atoms with E-state index in [1.807, 2.05) is 44.2 Å². The number of nitrogens with zero attached hydrogens (tertiary/aromatic N) is 3. The van der Waals surface area contributed by atoms with Gasteiger partial charge in [-0.3, -0.25) is 9.69 Å². The summed E-state index contributed by atoms with van der Waals surface area (Å²) in [6.07, 6.45) is 0. The summed E-state index contributed by atoms with van der Waals surface area (Å²) in [7, 11) is -3.58. The van der Waals surface area contributed by atoms with Crippen LogP contribution in [0.5, 0.6) is 0 Å². The number of aromatic nitrogens is 2. The number of nitrogens with one attached hydrogen (secondary N) is 1. The number of aryl methyl sites for hydroxylation is 2. The van der Waals surface area contributed by atoms with Crippen LogP contribution in [0.4, 0.5) is 0 Å². The van der Waals surface area contributed by atoms with Gasteiger partial charge in [-0.2, -0.15) is 4.31 Å². The average molecular weight is 469 g/mol. The molecule has 0 unspecified atom stereocenters. The van der Waals surface area contributed by atoms with Gasteiger partial charge in [0, 0.05) is 26.2 Å². The quantitative estimate of drug-likeness (QED) is 0.635. The lowest BCUT2D eigenvalue weighted by molar-refractivity contribution is 0.178. The highest BCUT2D eigenvalue weighted by Crippen LogP contribution is 2.31. The van der Waals surface area contributed by atoms with Gasteiger partial charge in [0.15, 0.2) is 0 Å². The van der Waals surface area contributed by atoms with Crippen LogP contribution in [0.3, 0.4) is 0 Å². The molecule has 7 nitrogen and oxygen atoms in total. The number of sulfonamides is 1. The third-order valence-corrected chi connectivity index (χ3v) is 8.50. The molecule has 0 atom stereocenters. The summed E-state index contributed by atoms with van der Waals surface area (Å²) in [5, 5.41) is 0.570. The predicted octanol–water partition coefficient (Wildman–Crippen LogP) is 3.34. The van der Waals surface area contributed by atoms with Gasteiger partial charge in [-0.15, -0.1) is 0 Å². The van der Waals surface area contributed by atoms with E-state index in [1.165, 1.54) is 0 Å². The van der Waals surface area contributed by atoms with E-state index in [2.05, 4.69) is 35.6 Å². The van der Waals surface area contributed by atoms with E-state index < -0.39 is 10.0 Å². The van der Waals surface area contributed by atoms with Gasteiger partial charge >= 0.3 is 0 Å². The number of para-hydroxylation sites is 1. The summed E-state index contributed by atoms with van der Waals surface area (Å²) >= 11 is 0. The van der Waals surface area contributed by atoms with Crippen molar-refractivity contribution in [3.8, 4) is 0 Å². The fourth-order valence-corrected chi connectivity index (χ4v) is 6.30. The van der Waals surface area contributed by atoms with Crippen molar-refractivity contribution < 1.29 is 8.42 Å². The van der Waals surface area contributed by atoms with Gasteiger partial charge in [-0.1, -0.05) is 45.0 Å². The van der Waals surface area contributed by atoms with Crippen LogP contribution in [-0.2, 0) is 22.0 Å². The fraction of sp³-hybridized carbons (Fsp3) is 0.440. The summed E-state index contributed by atoms with van der Waals surface area (Å²) in [6.45, 7) is 12.6. The minimum atomic E-state index is -3.58. The van der Waals surface area contributed by atoms with Crippen molar-refractivity contribution in [3.63, 3.8) is 0 Å². The number of hydrogen-bond donors (Lipinski definition) is 1. The maximum Gasteiger partial charge on any atom is 0.258 e. The first-order chi connectivity index (χ1) is 15.5. The second kappa shape index (κ2) is 8.66. The van der Waals surface area contributed by atoms with Crippen LogP contribution in [0.1, 0.15) is 43.3 Å². The Bertz CT molecular complexity index is 1330. The Morgan fingerprint density at radius 3 is 2.21 bits per heavy atom. The first kappa shape index (κ1) is 23.6. The molecule has 0 saturated carbocycles. The van der Waals surface area contributed by atoms with Crippen LogP contribution in [0.2, 0.25) is 0 Å². The number of piperazine rings is 1. The summed E-state index contributed by atoms with van der Waals surface area (Å²) < 4.78 is 28.6. The highest BCUT2D eigenvalue weighted by Gasteiger charge is 2.32. The molecule has 1 saturated heterocycles. The number of H-pyrrole nitrogens is 1. The van der Waals surface area contributed by atoms with Crippen molar-refractivity contribution in [3.05, 3.63) is 69.3 Å². The van der Waals surface area contributed by atoms with Gasteiger partial charge in [0.05, 0.1) is 22.3 Å². The molecule has 2 heterocycles. The molecule has 1 aliphatic heterocycles. The first-order valence-corrected chi connectivity index (χ1v) is 12.7. The first-order valence-electron chi connectivity index (χ1n) is 11.3. The molecule has 176 valence electrons. The van der Waals surface area contributed by atoms with Crippen LogP contribution in [0, 0.1) is 13.8 Å². The van der Waals surface area contributed by atoms with Crippen LogP contribution in [0.15, 0.2) is 46.1 Å². The molecule has 1 aromatic heterocycles. The largest absolute Gasteiger partial charge is 0.309 e. The van der Waals surface area contributed by atoms with Crippen molar-refractivity contribution in [2.24, 2.45) is 0 Å². The lowest BCUT2D eigenvalue weighted by Crippen LogP contribution is -2.48. The zero-order valence-corrected chi connectivity index (χ0v) is 20.8. The molecule has 33 heavy (non-hydrogen) atoms. The van der Waals surface area contributed by atoms with Gasteiger partial charge in [0.25, 0.3) is 5.56 Å². The number of rotatable bonds is 4. The molecule has 0 spiro atoms. The summed E-state index contributed by atoms with van der Waals surface area (Å²) in [6, 6.07) is 11.3. The minimum absolute atomic E-state index is 0.0405. The Morgan fingerprint density at radius 2 is 1.61 bits per heavy atom. The highest BCUT2D eigenvalue weighted by molar-refractivity contribution is 7.89. The van der Waals surface area contributed by atoms with Crippen molar-refractivity contribution >= 4 is 20.9 Å². The van der Waals surface area contributed by atoms with Gasteiger partial charge < -0.3 is 4.98 Å². The van der Waals surface area contributed by atoms with Crippen molar-refractivity contribution in [1.29, 1.82) is 0 Å². The Hall–Kier alpha value is -2.55. The molecule has 1 fully saturated rings. The zero-order valence-electron chi connectivity index (χ0n) is 20.0. The molecule has 0 radical (unpaired) electrons. The highest BCUT2D eigenvalue weighted by atomic mass is 32.2. The Kier molecular flexibility index (Phi) is 6.20. The normalized spacial score (nSPS) is 16.4. The van der Waals surface area contributed by atoms with E-state index in [0.717, 1.165) is 16.7 Å². The second-order valence-electron chi connectivity index (χ2n) is 9.90. The lowest BCUT2D eigenvalue weighted by atomic mass is 9.85. The Labute approximate surface area is 195 Å². The molecule has 1 aliphatic rings. The molecule has 8 heteroatoms. The predicted molar refractivity (Wildman–Crippen MR) is 131 cm³/mol. The topological polar surface area (TPSA) is 86.4 Å². The molecule has 3 aromatic rings. The molecule has 0 aliphatic carbocycles. The van der Waals surface area contributed by atoms with Crippen LogP contribution < -0.4 is 5.56 Å². The molecule has 2 aromatic carbocycles. The Balaban J connectivity index is 1.49. The monoisotopic (exact) mass is 468 g/mol. The number of benzene rings is 2. The summed E-state index contributed by atoms with van der Waals surface area (Å²) in [5.74, 6) is 0.597. The number of aromatic amines is 1. The van der Waals surface area contributed by atoms with Crippen molar-refractivity contribution in [2.45, 2.75) is 51.5 Å². The van der Waals surface area contributed by atoms with Crippen LogP contribution in [0.25, 0.3) is 10.9 Å². The molecule has 1 N–H and O–H groups in total. The number of hydrogen-bond acceptors (Lipinski definition) is 5. The number of fused-ring (bicyclic) bond motifs is 1. The van der Waals surface area contributed by atoms with Crippen molar-refractivity contribution in [2.75, 3.05) is 26.2 Å². The maximum absolute atomic E-state index is 13.5. The van der Waals surface area contributed by atoms with Gasteiger partial charge in [0.2, 0.25) is 10.0 Å². The van der Waals surface area contributed by atoms with E-state index in [-0.39, 0.29) is 11.0 Å². The minimum Gasteiger partial charge on any atom is -0.309 e. The standard InChI is InChI=1S/C25H32N4O3S/c1-17-14-19(25(3,4)5)15-18(2)23(17)33(31,32)29-12-10-28(11-13-29)16-22-26-21-9-7-6-8-20(21)24(30)27-22/h6-9,14-15H,10-13,16H2,1-5H3,(H,26,27,30). The molecular formula is C25H32N4O3S. The molecular weight excluding hydrogens is 436 g/mol. The summed E-state index contributed by atoms with van der Waals surface area (Å²) in [5.41, 5.74) is 3.20. The van der Waals surface area contributed by atoms with Crippen molar-refractivity contribution in [1.82, 2.24) is 19.2 Å². The average Bonchev–Trinajstić information content (AvgIpc) is 2.73. The third kappa shape index (κ3) is 4.74. The maximum atomic E-state index is 13.5. The fourth-order valence-electron chi connectivity index (χ4n) is 4.47. The van der Waals surface area contributed by atoms with E-state index in [1.54, 1.807) is 10.4 Å². The second-order valence-corrected chi connectivity index (χ2v) is 11.8. The van der Waals surface area contributed by atoms with E-state index in [4.69, 9.17) is 0 Å². The van der Waals surface area contributed by atoms with Gasteiger partial charge in [0.1, 0.15) is 5.82 Å². The molecule has 0 amide bonds. The van der Waals surface area contributed by atoms with E-state index in [0.29, 0.717) is 54.3 Å².